The molecule has 0 saturated carbocycles. The number of aryl methyl sites for hydroxylation is 3. The molecular weight excluding hydrogens is 464 g/mol. The zero-order chi connectivity index (χ0) is 24.7. The molecule has 2 aromatic carbocycles. The summed E-state index contributed by atoms with van der Waals surface area (Å²) in [7, 11) is -3.58. The van der Waals surface area contributed by atoms with Crippen molar-refractivity contribution in [2.24, 2.45) is 0 Å². The third-order valence-corrected chi connectivity index (χ3v) is 8.69. The lowest BCUT2D eigenvalue weighted by molar-refractivity contribution is 0.313. The molecule has 3 heterocycles. The van der Waals surface area contributed by atoms with Gasteiger partial charge < -0.3 is 4.98 Å². The monoisotopic (exact) mass is 492 g/mol. The highest BCUT2D eigenvalue weighted by molar-refractivity contribution is 7.89. The molecule has 1 N–H and O–H groups in total. The van der Waals surface area contributed by atoms with Gasteiger partial charge in [0.15, 0.2) is 11.2 Å². The molecule has 0 aliphatic carbocycles. The van der Waals surface area contributed by atoms with Crippen molar-refractivity contribution in [3.05, 3.63) is 80.9 Å². The van der Waals surface area contributed by atoms with Crippen LogP contribution in [0.4, 0.5) is 0 Å². The van der Waals surface area contributed by atoms with Gasteiger partial charge in [0.2, 0.25) is 10.0 Å². The number of hydrogen-bond donors (Lipinski definition) is 1. The van der Waals surface area contributed by atoms with Crippen molar-refractivity contribution in [3.63, 3.8) is 0 Å². The van der Waals surface area contributed by atoms with Gasteiger partial charge >= 0.3 is 0 Å². The van der Waals surface area contributed by atoms with E-state index in [1.807, 2.05) is 57.2 Å². The van der Waals surface area contributed by atoms with Gasteiger partial charge in [-0.2, -0.15) is 4.31 Å². The van der Waals surface area contributed by atoms with E-state index in [2.05, 4.69) is 15.3 Å². The number of nitrogens with one attached hydrogen (secondary N) is 1. The minimum absolute atomic E-state index is 0.0557. The highest BCUT2D eigenvalue weighted by atomic mass is 32.2. The van der Waals surface area contributed by atoms with Crippen molar-refractivity contribution < 1.29 is 8.42 Å². The quantitative estimate of drug-likeness (QED) is 0.458. The number of piperidine rings is 1. The predicted octanol–water partition coefficient (Wildman–Crippen LogP) is 3.06. The van der Waals surface area contributed by atoms with Gasteiger partial charge in [-0.15, -0.1) is 5.10 Å². The van der Waals surface area contributed by atoms with Crippen molar-refractivity contribution in [2.75, 3.05) is 13.1 Å². The summed E-state index contributed by atoms with van der Waals surface area (Å²) in [5.74, 6) is 0.499. The van der Waals surface area contributed by atoms with Crippen molar-refractivity contribution >= 4 is 21.2 Å². The molecule has 0 radical (unpaired) electrons. The summed E-state index contributed by atoms with van der Waals surface area (Å²) >= 11 is 0. The van der Waals surface area contributed by atoms with E-state index in [1.54, 1.807) is 10.7 Å². The molecule has 0 amide bonds. The normalized spacial score (nSPS) is 15.6. The molecule has 0 atom stereocenters. The number of aromatic nitrogens is 5. The number of sulfonamides is 1. The Morgan fingerprint density at radius 3 is 2.40 bits per heavy atom. The maximum atomic E-state index is 13.3. The van der Waals surface area contributed by atoms with Crippen LogP contribution in [0.1, 0.15) is 46.8 Å². The summed E-state index contributed by atoms with van der Waals surface area (Å²) in [6, 6.07) is 13.6. The molecule has 9 nitrogen and oxygen atoms in total. The summed E-state index contributed by atoms with van der Waals surface area (Å²) in [6.45, 7) is 6.92. The molecule has 1 aliphatic heterocycles. The van der Waals surface area contributed by atoms with Crippen LogP contribution in [0.2, 0.25) is 0 Å². The molecule has 0 unspecified atom stereocenters. The Bertz CT molecular complexity index is 1550. The first-order valence-corrected chi connectivity index (χ1v) is 13.1. The Balaban J connectivity index is 1.37. The van der Waals surface area contributed by atoms with Crippen molar-refractivity contribution in [1.29, 1.82) is 0 Å². The van der Waals surface area contributed by atoms with E-state index < -0.39 is 10.0 Å². The molecule has 35 heavy (non-hydrogen) atoms. The van der Waals surface area contributed by atoms with Crippen LogP contribution < -0.4 is 5.56 Å². The average Bonchev–Trinajstić information content (AvgIpc) is 3.25. The Kier molecular flexibility index (Phi) is 6.02. The smallest absolute Gasteiger partial charge is 0.281 e. The topological polar surface area (TPSA) is 114 Å². The molecule has 2 aromatic heterocycles. The molecule has 5 rings (SSSR count). The van der Waals surface area contributed by atoms with Gasteiger partial charge in [0.05, 0.1) is 11.4 Å². The number of hydrogen-bond acceptors (Lipinski definition) is 6. The fraction of sp³-hybridized carbons (Fsp3) is 0.360. The van der Waals surface area contributed by atoms with Crippen molar-refractivity contribution in [3.8, 4) is 0 Å². The standard InChI is InChI=1S/C25H28N6O3S/c1-16-5-8-19(9-6-16)15-31-24-22(28-29-31)25(32)27-23(26-24)20-10-12-30(13-11-20)35(33,34)21-14-17(2)4-7-18(21)3/h4-9,14,20H,10-13,15H2,1-3H3,(H,26,27,32). The number of fused-ring (bicyclic) bond motifs is 1. The maximum absolute atomic E-state index is 13.3. The zero-order valence-corrected chi connectivity index (χ0v) is 20.8. The van der Waals surface area contributed by atoms with Gasteiger partial charge in [-0.3, -0.25) is 4.79 Å². The summed E-state index contributed by atoms with van der Waals surface area (Å²) in [6.07, 6.45) is 1.14. The lowest BCUT2D eigenvalue weighted by Crippen LogP contribution is -2.38. The van der Waals surface area contributed by atoms with Gasteiger partial charge in [-0.25, -0.2) is 18.1 Å². The van der Waals surface area contributed by atoms with E-state index in [0.29, 0.717) is 48.8 Å². The lowest BCUT2D eigenvalue weighted by atomic mass is 9.97. The zero-order valence-electron chi connectivity index (χ0n) is 20.0. The van der Waals surface area contributed by atoms with E-state index in [0.717, 1.165) is 16.7 Å². The Hall–Kier alpha value is -3.37. The molecule has 10 heteroatoms. The Morgan fingerprint density at radius 1 is 1.00 bits per heavy atom. The molecule has 1 fully saturated rings. The first-order chi connectivity index (χ1) is 16.7. The number of aromatic amines is 1. The number of H-pyrrole nitrogens is 1. The van der Waals surface area contributed by atoms with E-state index in [1.165, 1.54) is 9.87 Å². The lowest BCUT2D eigenvalue weighted by Gasteiger charge is -2.31. The Morgan fingerprint density at radius 2 is 1.69 bits per heavy atom. The molecule has 182 valence electrons. The van der Waals surface area contributed by atoms with Gasteiger partial charge in [0.25, 0.3) is 5.56 Å². The largest absolute Gasteiger partial charge is 0.308 e. The van der Waals surface area contributed by atoms with Gasteiger partial charge in [-0.05, 0) is 56.4 Å². The summed E-state index contributed by atoms with van der Waals surface area (Å²) in [4.78, 5) is 20.6. The summed E-state index contributed by atoms with van der Waals surface area (Å²) < 4.78 is 29.7. The van der Waals surface area contributed by atoms with Crippen LogP contribution >= 0.6 is 0 Å². The highest BCUT2D eigenvalue weighted by Crippen LogP contribution is 2.30. The van der Waals surface area contributed by atoms with Crippen LogP contribution in [0.15, 0.2) is 52.2 Å². The molecule has 0 spiro atoms. The minimum atomic E-state index is -3.58. The third kappa shape index (κ3) is 4.51. The second-order valence-electron chi connectivity index (χ2n) is 9.30. The van der Waals surface area contributed by atoms with Gasteiger partial charge in [0.1, 0.15) is 5.82 Å². The third-order valence-electron chi connectivity index (χ3n) is 6.65. The first-order valence-electron chi connectivity index (χ1n) is 11.7. The minimum Gasteiger partial charge on any atom is -0.308 e. The van der Waals surface area contributed by atoms with Crippen LogP contribution in [0.25, 0.3) is 11.2 Å². The molecule has 1 saturated heterocycles. The van der Waals surface area contributed by atoms with Crippen LogP contribution in [-0.4, -0.2) is 50.8 Å². The van der Waals surface area contributed by atoms with E-state index in [4.69, 9.17) is 4.98 Å². The maximum Gasteiger partial charge on any atom is 0.281 e. The Labute approximate surface area is 203 Å². The second kappa shape index (κ2) is 9.01. The predicted molar refractivity (Wildman–Crippen MR) is 133 cm³/mol. The molecule has 4 aromatic rings. The van der Waals surface area contributed by atoms with Crippen molar-refractivity contribution in [1.82, 2.24) is 29.3 Å². The van der Waals surface area contributed by atoms with Crippen LogP contribution in [0.5, 0.6) is 0 Å². The summed E-state index contributed by atoms with van der Waals surface area (Å²) in [5, 5.41) is 8.18. The first kappa shape index (κ1) is 23.4. The van der Waals surface area contributed by atoms with Crippen LogP contribution in [0.3, 0.4) is 0 Å². The molecule has 1 aliphatic rings. The van der Waals surface area contributed by atoms with E-state index in [9.17, 15) is 13.2 Å². The van der Waals surface area contributed by atoms with Crippen molar-refractivity contribution in [2.45, 2.75) is 51.0 Å². The second-order valence-corrected chi connectivity index (χ2v) is 11.2. The van der Waals surface area contributed by atoms with E-state index >= 15 is 0 Å². The van der Waals surface area contributed by atoms with Crippen LogP contribution in [0, 0.1) is 20.8 Å². The van der Waals surface area contributed by atoms with Gasteiger partial charge in [0, 0.05) is 19.0 Å². The fourth-order valence-electron chi connectivity index (χ4n) is 4.54. The average molecular weight is 493 g/mol. The molecular formula is C25H28N6O3S. The van der Waals surface area contributed by atoms with E-state index in [-0.39, 0.29) is 17.0 Å². The SMILES string of the molecule is Cc1ccc(Cn2nnc3c(=O)[nH]c(C4CCN(S(=O)(=O)c5cc(C)ccc5C)CC4)nc32)cc1. The highest BCUT2D eigenvalue weighted by Gasteiger charge is 2.32. The number of nitrogens with zero attached hydrogens (tertiary/aromatic N) is 5. The summed E-state index contributed by atoms with van der Waals surface area (Å²) in [5.41, 5.74) is 4.17. The molecule has 0 bridgehead atoms. The van der Waals surface area contributed by atoms with Crippen LogP contribution in [-0.2, 0) is 16.6 Å². The number of rotatable bonds is 5. The number of benzene rings is 2. The van der Waals surface area contributed by atoms with Gasteiger partial charge in [-0.1, -0.05) is 47.2 Å². The fourth-order valence-corrected chi connectivity index (χ4v) is 6.32.